The number of alkyl halides is 3. The van der Waals surface area contributed by atoms with Gasteiger partial charge in [-0.2, -0.15) is 13.2 Å². The molecule has 0 saturated carbocycles. The topological polar surface area (TPSA) is 121 Å². The molecule has 1 amide bonds. The van der Waals surface area contributed by atoms with Gasteiger partial charge in [0, 0.05) is 11.4 Å². The van der Waals surface area contributed by atoms with E-state index in [1.807, 2.05) is 4.72 Å². The Hall–Kier alpha value is -4.14. The van der Waals surface area contributed by atoms with Crippen molar-refractivity contribution in [2.75, 3.05) is 21.9 Å². The Morgan fingerprint density at radius 1 is 0.786 bits per heavy atom. The first kappa shape index (κ1) is 30.8. The second-order valence-electron chi connectivity index (χ2n) is 8.66. The van der Waals surface area contributed by atoms with E-state index >= 15 is 4.39 Å². The smallest absolute Gasteiger partial charge is 0.374 e. The fourth-order valence-corrected chi connectivity index (χ4v) is 6.35. The minimum atomic E-state index is -4.79. The third-order valence-electron chi connectivity index (χ3n) is 5.72. The van der Waals surface area contributed by atoms with Gasteiger partial charge in [-0.05, 0) is 66.7 Å². The van der Waals surface area contributed by atoms with Gasteiger partial charge in [0.15, 0.2) is 5.82 Å². The van der Waals surface area contributed by atoms with E-state index in [2.05, 4.69) is 10.6 Å². The fourth-order valence-electron chi connectivity index (χ4n) is 3.70. The molecule has 0 atom stereocenters. The number of nitrogens with one attached hydrogen (secondary N) is 3. The Kier molecular flexibility index (Phi) is 8.80. The average Bonchev–Trinajstić information content (AvgIpc) is 2.93. The highest BCUT2D eigenvalue weighted by atomic mass is 35.5. The van der Waals surface area contributed by atoms with Crippen LogP contribution in [0.5, 0.6) is 0 Å². The van der Waals surface area contributed by atoms with Gasteiger partial charge in [0.05, 0.1) is 32.6 Å². The van der Waals surface area contributed by atoms with Crippen LogP contribution in [0.15, 0.2) is 106 Å². The highest BCUT2D eigenvalue weighted by Crippen LogP contribution is 2.36. The van der Waals surface area contributed by atoms with Crippen LogP contribution in [0.4, 0.5) is 34.6 Å². The van der Waals surface area contributed by atoms with Crippen LogP contribution in [-0.2, 0) is 30.8 Å². The molecule has 0 fully saturated rings. The summed E-state index contributed by atoms with van der Waals surface area (Å²) in [6.45, 7) is -0.467. The van der Waals surface area contributed by atoms with Crippen LogP contribution in [0.1, 0.15) is 5.56 Å². The number of amides is 1. The van der Waals surface area contributed by atoms with Gasteiger partial charge in [-0.15, -0.1) is 0 Å². The summed E-state index contributed by atoms with van der Waals surface area (Å²) in [6, 6.07) is 18.2. The molecule has 8 nitrogen and oxygen atoms in total. The predicted molar refractivity (Wildman–Crippen MR) is 149 cm³/mol. The van der Waals surface area contributed by atoms with E-state index in [9.17, 15) is 34.8 Å². The molecule has 0 aliphatic heterocycles. The minimum absolute atomic E-state index is 0.0984. The maximum atomic E-state index is 15.0. The molecule has 4 aromatic carbocycles. The molecule has 4 rings (SSSR count). The number of anilines is 3. The first-order valence-corrected chi connectivity index (χ1v) is 15.1. The van der Waals surface area contributed by atoms with E-state index in [4.69, 9.17) is 11.6 Å². The number of halogens is 5. The number of benzene rings is 4. The monoisotopic (exact) mass is 641 g/mol. The molecule has 4 aromatic rings. The molecule has 0 spiro atoms. The highest BCUT2D eigenvalue weighted by Gasteiger charge is 2.33. The number of hydrogen-bond acceptors (Lipinski definition) is 6. The van der Waals surface area contributed by atoms with Crippen molar-refractivity contribution >= 4 is 54.4 Å². The standard InChI is InChI=1S/C27H20ClF4N3O5S2/c28-22-14-11-18(15-21(22)27(30,31)32)35-42(39,40)20-12-9-17(10-13-20)34-25(36)16-33-23-7-4-8-24(26(23)29)41(37,38)19-5-2-1-3-6-19/h1-15,33,35H,16H2,(H,34,36). The lowest BCUT2D eigenvalue weighted by atomic mass is 10.2. The summed E-state index contributed by atoms with van der Waals surface area (Å²) in [7, 11) is -8.45. The largest absolute Gasteiger partial charge is 0.417 e. The molecule has 42 heavy (non-hydrogen) atoms. The Labute approximate surface area is 243 Å². The first-order valence-electron chi connectivity index (χ1n) is 11.8. The molecule has 0 aliphatic rings. The molecule has 15 heteroatoms. The molecule has 0 bridgehead atoms. The summed E-state index contributed by atoms with van der Waals surface area (Å²) >= 11 is 5.56. The first-order chi connectivity index (χ1) is 19.7. The van der Waals surface area contributed by atoms with Crippen LogP contribution in [0, 0.1) is 5.82 Å². The number of carbonyl (C=O) groups is 1. The maximum absolute atomic E-state index is 15.0. The van der Waals surface area contributed by atoms with Gasteiger partial charge in [0.2, 0.25) is 15.7 Å². The van der Waals surface area contributed by atoms with Gasteiger partial charge < -0.3 is 10.6 Å². The Morgan fingerprint density at radius 3 is 2.07 bits per heavy atom. The Bertz CT molecular complexity index is 1840. The number of carbonyl (C=O) groups excluding carboxylic acids is 1. The molecule has 0 saturated heterocycles. The molecule has 0 heterocycles. The lowest BCUT2D eigenvalue weighted by molar-refractivity contribution is -0.137. The van der Waals surface area contributed by atoms with Crippen molar-refractivity contribution in [2.45, 2.75) is 20.9 Å². The fraction of sp³-hybridized carbons (Fsp3) is 0.0741. The number of hydrogen-bond donors (Lipinski definition) is 3. The second-order valence-corrected chi connectivity index (χ2v) is 12.7. The molecule has 0 aromatic heterocycles. The molecule has 0 unspecified atom stereocenters. The van der Waals surface area contributed by atoms with Crippen molar-refractivity contribution in [3.63, 3.8) is 0 Å². The van der Waals surface area contributed by atoms with Gasteiger partial charge in [-0.3, -0.25) is 9.52 Å². The number of sulfonamides is 1. The zero-order valence-electron chi connectivity index (χ0n) is 21.1. The van der Waals surface area contributed by atoms with E-state index in [1.165, 1.54) is 48.5 Å². The lowest BCUT2D eigenvalue weighted by Crippen LogP contribution is -2.22. The van der Waals surface area contributed by atoms with Crippen LogP contribution < -0.4 is 15.4 Å². The molecule has 0 radical (unpaired) electrons. The zero-order valence-corrected chi connectivity index (χ0v) is 23.5. The van der Waals surface area contributed by atoms with Gasteiger partial charge in [-0.1, -0.05) is 35.9 Å². The van der Waals surface area contributed by atoms with Crippen LogP contribution in [0.2, 0.25) is 5.02 Å². The Morgan fingerprint density at radius 2 is 1.43 bits per heavy atom. The molecular weight excluding hydrogens is 622 g/mol. The third-order valence-corrected chi connectivity index (χ3v) is 9.23. The van der Waals surface area contributed by atoms with E-state index in [0.717, 1.165) is 30.3 Å². The van der Waals surface area contributed by atoms with Crippen molar-refractivity contribution in [1.29, 1.82) is 0 Å². The number of sulfone groups is 1. The van der Waals surface area contributed by atoms with E-state index in [-0.39, 0.29) is 26.9 Å². The highest BCUT2D eigenvalue weighted by molar-refractivity contribution is 7.92. The van der Waals surface area contributed by atoms with E-state index in [0.29, 0.717) is 6.07 Å². The van der Waals surface area contributed by atoms with Crippen molar-refractivity contribution < 1.29 is 39.2 Å². The van der Waals surface area contributed by atoms with Crippen LogP contribution >= 0.6 is 11.6 Å². The van der Waals surface area contributed by atoms with Crippen molar-refractivity contribution in [1.82, 2.24) is 0 Å². The van der Waals surface area contributed by atoms with E-state index in [1.54, 1.807) is 6.07 Å². The van der Waals surface area contributed by atoms with Crippen LogP contribution in [-0.4, -0.2) is 29.3 Å². The molecule has 0 aliphatic carbocycles. The summed E-state index contributed by atoms with van der Waals surface area (Å²) < 4.78 is 107. The minimum Gasteiger partial charge on any atom is -0.374 e. The lowest BCUT2D eigenvalue weighted by Gasteiger charge is -2.13. The van der Waals surface area contributed by atoms with E-state index < -0.39 is 59.8 Å². The van der Waals surface area contributed by atoms with Gasteiger partial charge >= 0.3 is 6.18 Å². The summed E-state index contributed by atoms with van der Waals surface area (Å²) in [5.41, 5.74) is -1.64. The quantitative estimate of drug-likeness (QED) is 0.188. The summed E-state index contributed by atoms with van der Waals surface area (Å²) in [5.74, 6) is -1.74. The molecule has 220 valence electrons. The van der Waals surface area contributed by atoms with Crippen LogP contribution in [0.3, 0.4) is 0 Å². The van der Waals surface area contributed by atoms with Crippen molar-refractivity contribution in [3.05, 3.63) is 107 Å². The van der Waals surface area contributed by atoms with Gasteiger partial charge in [-0.25, -0.2) is 21.2 Å². The predicted octanol–water partition coefficient (Wildman–Crippen LogP) is 6.18. The third kappa shape index (κ3) is 7.01. The summed E-state index contributed by atoms with van der Waals surface area (Å²) in [6.07, 6.45) is -4.79. The normalized spacial score (nSPS) is 12.0. The number of rotatable bonds is 9. The second kappa shape index (κ2) is 12.0. The summed E-state index contributed by atoms with van der Waals surface area (Å²) in [5, 5.41) is 4.41. The average molecular weight is 642 g/mol. The molecular formula is C27H20ClF4N3O5S2. The van der Waals surface area contributed by atoms with Gasteiger partial charge in [0.1, 0.15) is 4.90 Å². The zero-order chi connectivity index (χ0) is 30.7. The van der Waals surface area contributed by atoms with Crippen molar-refractivity contribution in [3.8, 4) is 0 Å². The summed E-state index contributed by atoms with van der Waals surface area (Å²) in [4.78, 5) is 11.4. The Balaban J connectivity index is 1.40. The maximum Gasteiger partial charge on any atom is 0.417 e. The van der Waals surface area contributed by atoms with Crippen LogP contribution in [0.25, 0.3) is 0 Å². The van der Waals surface area contributed by atoms with Crippen molar-refractivity contribution in [2.24, 2.45) is 0 Å². The SMILES string of the molecule is O=C(CNc1cccc(S(=O)(=O)c2ccccc2)c1F)Nc1ccc(S(=O)(=O)Nc2ccc(Cl)c(C(F)(F)F)c2)cc1. The molecule has 3 N–H and O–H groups in total. The van der Waals surface area contributed by atoms with Gasteiger partial charge in [0.25, 0.3) is 10.0 Å².